The zero-order valence-corrected chi connectivity index (χ0v) is 18.3. The van der Waals surface area contributed by atoms with Crippen LogP contribution in [0, 0.1) is 5.92 Å². The first-order valence-electron chi connectivity index (χ1n) is 11.9. The summed E-state index contributed by atoms with van der Waals surface area (Å²) >= 11 is 0. The fourth-order valence-electron chi connectivity index (χ4n) is 5.13. The molecule has 0 radical (unpaired) electrons. The van der Waals surface area contributed by atoms with E-state index in [4.69, 9.17) is 4.98 Å². The van der Waals surface area contributed by atoms with Crippen LogP contribution < -0.4 is 10.2 Å². The number of likely N-dealkylation sites (tertiary alicyclic amines) is 1. The number of hydrogen-bond acceptors (Lipinski definition) is 4. The molecule has 0 atom stereocenters. The highest BCUT2D eigenvalue weighted by molar-refractivity contribution is 5.85. The van der Waals surface area contributed by atoms with Gasteiger partial charge in [0, 0.05) is 38.3 Å². The monoisotopic (exact) mass is 419 g/mol. The number of anilines is 1. The van der Waals surface area contributed by atoms with E-state index in [0.717, 1.165) is 61.4 Å². The van der Waals surface area contributed by atoms with Crippen molar-refractivity contribution < 1.29 is 4.79 Å². The Bertz CT molecular complexity index is 1030. The molecular weight excluding hydrogens is 386 g/mol. The molecule has 2 aromatic heterocycles. The summed E-state index contributed by atoms with van der Waals surface area (Å²) in [6.07, 6.45) is 9.17. The Morgan fingerprint density at radius 2 is 1.68 bits per heavy atom. The minimum Gasteiger partial charge on any atom is -0.355 e. The lowest BCUT2D eigenvalue weighted by Crippen LogP contribution is -2.43. The van der Waals surface area contributed by atoms with E-state index in [9.17, 15) is 4.79 Å². The molecule has 1 amide bonds. The van der Waals surface area contributed by atoms with E-state index in [1.54, 1.807) is 0 Å². The second-order valence-corrected chi connectivity index (χ2v) is 9.00. The molecule has 0 spiro atoms. The van der Waals surface area contributed by atoms with Crippen molar-refractivity contribution in [2.75, 3.05) is 44.2 Å². The van der Waals surface area contributed by atoms with Crippen LogP contribution in [0.3, 0.4) is 0 Å². The van der Waals surface area contributed by atoms with Crippen LogP contribution in [-0.2, 0) is 4.79 Å². The van der Waals surface area contributed by atoms with E-state index in [0.29, 0.717) is 0 Å². The van der Waals surface area contributed by atoms with Crippen molar-refractivity contribution in [3.8, 4) is 0 Å². The van der Waals surface area contributed by atoms with E-state index < -0.39 is 0 Å². The molecule has 2 fully saturated rings. The smallest absolute Gasteiger partial charge is 0.223 e. The van der Waals surface area contributed by atoms with Gasteiger partial charge in [-0.05, 0) is 63.0 Å². The molecule has 6 nitrogen and oxygen atoms in total. The predicted octanol–water partition coefficient (Wildman–Crippen LogP) is 3.70. The van der Waals surface area contributed by atoms with Crippen molar-refractivity contribution in [1.29, 1.82) is 0 Å². The highest BCUT2D eigenvalue weighted by Crippen LogP contribution is 2.29. The summed E-state index contributed by atoms with van der Waals surface area (Å²) < 4.78 is 2.22. The number of fused-ring (bicyclic) bond motifs is 3. The zero-order valence-electron chi connectivity index (χ0n) is 18.3. The van der Waals surface area contributed by atoms with Gasteiger partial charge in [0.05, 0.1) is 16.6 Å². The third-order valence-corrected chi connectivity index (χ3v) is 6.94. The number of hydrogen-bond donors (Lipinski definition) is 1. The predicted molar refractivity (Wildman–Crippen MR) is 126 cm³/mol. The number of para-hydroxylation sites is 2. The Kier molecular flexibility index (Phi) is 6.07. The van der Waals surface area contributed by atoms with E-state index in [1.807, 2.05) is 6.07 Å². The fraction of sp³-hybridized carbons (Fsp3) is 0.520. The van der Waals surface area contributed by atoms with Crippen LogP contribution in [0.1, 0.15) is 38.5 Å². The number of aromatic nitrogens is 2. The molecule has 1 aromatic carbocycles. The van der Waals surface area contributed by atoms with Crippen LogP contribution >= 0.6 is 0 Å². The third kappa shape index (κ3) is 4.40. The molecule has 0 aliphatic carbocycles. The van der Waals surface area contributed by atoms with Crippen molar-refractivity contribution >= 4 is 28.3 Å². The maximum atomic E-state index is 12.7. The van der Waals surface area contributed by atoms with Gasteiger partial charge in [-0.3, -0.25) is 4.79 Å². The summed E-state index contributed by atoms with van der Waals surface area (Å²) in [7, 11) is 0. The largest absolute Gasteiger partial charge is 0.355 e. The highest BCUT2D eigenvalue weighted by atomic mass is 16.1. The Balaban J connectivity index is 1.18. The topological polar surface area (TPSA) is 52.9 Å². The molecule has 6 heteroatoms. The maximum absolute atomic E-state index is 12.7. The van der Waals surface area contributed by atoms with Crippen LogP contribution in [0.2, 0.25) is 0 Å². The summed E-state index contributed by atoms with van der Waals surface area (Å²) in [6, 6.07) is 12.5. The molecule has 3 aromatic rings. The van der Waals surface area contributed by atoms with Crippen molar-refractivity contribution in [3.63, 3.8) is 0 Å². The lowest BCUT2D eigenvalue weighted by atomic mass is 9.96. The molecule has 5 rings (SSSR count). The van der Waals surface area contributed by atoms with Gasteiger partial charge in [0.15, 0.2) is 5.82 Å². The highest BCUT2D eigenvalue weighted by Gasteiger charge is 2.27. The van der Waals surface area contributed by atoms with Gasteiger partial charge in [0.1, 0.15) is 0 Å². The van der Waals surface area contributed by atoms with Crippen molar-refractivity contribution in [3.05, 3.63) is 42.6 Å². The summed E-state index contributed by atoms with van der Waals surface area (Å²) in [5.41, 5.74) is 3.28. The number of piperidine rings is 1. The molecule has 1 N–H and O–H groups in total. The second kappa shape index (κ2) is 9.27. The van der Waals surface area contributed by atoms with Gasteiger partial charge in [0.2, 0.25) is 5.91 Å². The van der Waals surface area contributed by atoms with Crippen LogP contribution in [0.5, 0.6) is 0 Å². The molecule has 2 aliphatic rings. The second-order valence-electron chi connectivity index (χ2n) is 9.00. The molecule has 2 saturated heterocycles. The number of benzene rings is 1. The summed E-state index contributed by atoms with van der Waals surface area (Å²) in [5, 5.41) is 3.21. The van der Waals surface area contributed by atoms with E-state index >= 15 is 0 Å². The number of amides is 1. The SMILES string of the molecule is O=C(NCCN1CCCCCC1)C1CCN(c2nc3ccccc3n3cccc23)CC1. The first-order valence-corrected chi connectivity index (χ1v) is 11.9. The van der Waals surface area contributed by atoms with Gasteiger partial charge in [-0.25, -0.2) is 4.98 Å². The van der Waals surface area contributed by atoms with E-state index in [-0.39, 0.29) is 11.8 Å². The molecular formula is C25H33N5O. The zero-order chi connectivity index (χ0) is 21.0. The van der Waals surface area contributed by atoms with Gasteiger partial charge in [-0.2, -0.15) is 0 Å². The van der Waals surface area contributed by atoms with Gasteiger partial charge >= 0.3 is 0 Å². The molecule has 2 aliphatic heterocycles. The first kappa shape index (κ1) is 20.3. The van der Waals surface area contributed by atoms with Gasteiger partial charge in [-0.1, -0.05) is 25.0 Å². The Hall–Kier alpha value is -2.60. The third-order valence-electron chi connectivity index (χ3n) is 6.94. The molecule has 4 heterocycles. The lowest BCUT2D eigenvalue weighted by molar-refractivity contribution is -0.125. The number of carbonyl (C=O) groups excluding carboxylic acids is 1. The fourth-order valence-corrected chi connectivity index (χ4v) is 5.13. The lowest BCUT2D eigenvalue weighted by Gasteiger charge is -2.33. The molecule has 0 saturated carbocycles. The average Bonchev–Trinajstić information content (AvgIpc) is 3.16. The standard InChI is InChI=1S/C25H33N5O/c31-25(26-13-19-28-14-5-1-2-6-15-28)20-11-17-29(18-12-20)24-23-10-7-16-30(23)22-9-4-3-8-21(22)27-24/h3-4,7-10,16,20H,1-2,5-6,11-15,17-19H2,(H,26,31). The van der Waals surface area contributed by atoms with Gasteiger partial charge < -0.3 is 19.5 Å². The normalized spacial score (nSPS) is 19.0. The Morgan fingerprint density at radius 1 is 0.935 bits per heavy atom. The minimum absolute atomic E-state index is 0.114. The summed E-state index contributed by atoms with van der Waals surface area (Å²) in [5.74, 6) is 1.38. The van der Waals surface area contributed by atoms with E-state index in [2.05, 4.69) is 56.0 Å². The first-order chi connectivity index (χ1) is 15.3. The van der Waals surface area contributed by atoms with Crippen LogP contribution in [0.25, 0.3) is 16.6 Å². The summed E-state index contributed by atoms with van der Waals surface area (Å²) in [4.78, 5) is 22.6. The Morgan fingerprint density at radius 3 is 2.48 bits per heavy atom. The number of rotatable bonds is 5. The summed E-state index contributed by atoms with van der Waals surface area (Å²) in [6.45, 7) is 5.86. The molecule has 0 bridgehead atoms. The minimum atomic E-state index is 0.114. The van der Waals surface area contributed by atoms with Gasteiger partial charge in [0.25, 0.3) is 0 Å². The average molecular weight is 420 g/mol. The number of carbonyl (C=O) groups is 1. The van der Waals surface area contributed by atoms with Crippen LogP contribution in [0.4, 0.5) is 5.82 Å². The number of nitrogens with zero attached hydrogens (tertiary/aromatic N) is 4. The molecule has 0 unspecified atom stereocenters. The van der Waals surface area contributed by atoms with Crippen molar-refractivity contribution in [2.24, 2.45) is 5.92 Å². The van der Waals surface area contributed by atoms with Gasteiger partial charge in [-0.15, -0.1) is 0 Å². The Labute approximate surface area is 184 Å². The van der Waals surface area contributed by atoms with Crippen molar-refractivity contribution in [1.82, 2.24) is 19.6 Å². The van der Waals surface area contributed by atoms with Crippen LogP contribution in [-0.4, -0.2) is 59.5 Å². The molecule has 31 heavy (non-hydrogen) atoms. The number of nitrogens with one attached hydrogen (secondary N) is 1. The van der Waals surface area contributed by atoms with E-state index in [1.165, 1.54) is 38.8 Å². The van der Waals surface area contributed by atoms with Crippen molar-refractivity contribution in [2.45, 2.75) is 38.5 Å². The van der Waals surface area contributed by atoms with Crippen LogP contribution in [0.15, 0.2) is 42.6 Å². The quantitative estimate of drug-likeness (QED) is 0.685. The molecule has 164 valence electrons. The maximum Gasteiger partial charge on any atom is 0.223 e.